The lowest BCUT2D eigenvalue weighted by Crippen LogP contribution is -2.08. The minimum Gasteiger partial charge on any atom is -0.496 e. The van der Waals surface area contributed by atoms with E-state index in [-0.39, 0.29) is 12.1 Å². The van der Waals surface area contributed by atoms with Crippen molar-refractivity contribution >= 4 is 7.85 Å². The Bertz CT molecular complexity index is 322. The van der Waals surface area contributed by atoms with E-state index in [1.54, 1.807) is 0 Å². The number of hydrogen-bond donors (Lipinski definition) is 0. The molecule has 0 saturated carbocycles. The van der Waals surface area contributed by atoms with Gasteiger partial charge in [-0.15, -0.1) is 0 Å². The highest BCUT2D eigenvalue weighted by Gasteiger charge is 2.34. The molecule has 1 rings (SSSR count). The number of alkyl halides is 3. The number of halogens is 3. The number of ether oxygens (including phenoxy) is 1. The summed E-state index contributed by atoms with van der Waals surface area (Å²) in [5, 5.41) is 0. The molecule has 0 amide bonds. The normalized spacial score (nSPS) is 11.4. The van der Waals surface area contributed by atoms with Crippen molar-refractivity contribution < 1.29 is 17.9 Å². The Morgan fingerprint density at radius 2 is 2.00 bits per heavy atom. The molecule has 0 aromatic heterocycles. The van der Waals surface area contributed by atoms with E-state index in [2.05, 4.69) is 4.74 Å². The Labute approximate surface area is 81.3 Å². The lowest BCUT2D eigenvalue weighted by molar-refractivity contribution is -0.138. The van der Waals surface area contributed by atoms with Crippen molar-refractivity contribution in [2.24, 2.45) is 0 Å². The topological polar surface area (TPSA) is 9.23 Å². The van der Waals surface area contributed by atoms with E-state index in [1.807, 2.05) is 0 Å². The molecule has 74 valence electrons. The van der Waals surface area contributed by atoms with Gasteiger partial charge < -0.3 is 4.74 Å². The maximum absolute atomic E-state index is 12.4. The third kappa shape index (κ3) is 2.22. The fraction of sp³-hybridized carbons (Fsp3) is 0.333. The Balaban J connectivity index is 3.22. The minimum absolute atomic E-state index is 0.0765. The third-order valence-corrected chi connectivity index (χ3v) is 1.80. The van der Waals surface area contributed by atoms with Crippen LogP contribution in [0, 0.1) is 0 Å². The van der Waals surface area contributed by atoms with Crippen LogP contribution < -0.4 is 4.74 Å². The summed E-state index contributed by atoms with van der Waals surface area (Å²) in [4.78, 5) is 0. The summed E-state index contributed by atoms with van der Waals surface area (Å²) < 4.78 is 41.9. The largest absolute Gasteiger partial charge is 0.496 e. The van der Waals surface area contributed by atoms with Gasteiger partial charge in [0, 0.05) is 0 Å². The molecule has 2 radical (unpaired) electrons. The summed E-state index contributed by atoms with van der Waals surface area (Å²) >= 11 is 0. The fourth-order valence-corrected chi connectivity index (χ4v) is 1.10. The molecule has 0 saturated heterocycles. The first-order valence-electron chi connectivity index (χ1n) is 3.93. The van der Waals surface area contributed by atoms with Crippen molar-refractivity contribution in [3.8, 4) is 5.75 Å². The van der Waals surface area contributed by atoms with Gasteiger partial charge in [-0.1, -0.05) is 17.9 Å². The molecular formula is C9H8BF3O. The summed E-state index contributed by atoms with van der Waals surface area (Å²) in [6, 6.07) is 3.78. The highest BCUT2D eigenvalue weighted by molar-refractivity contribution is 6.08. The lowest BCUT2D eigenvalue weighted by Gasteiger charge is -2.12. The lowest BCUT2D eigenvalue weighted by atomic mass is 9.95. The Hall–Kier alpha value is -1.13. The molecule has 1 nitrogen and oxygen atoms in total. The van der Waals surface area contributed by atoms with Crippen molar-refractivity contribution in [3.05, 3.63) is 29.3 Å². The third-order valence-electron chi connectivity index (χ3n) is 1.80. The molecule has 0 aliphatic rings. The van der Waals surface area contributed by atoms with E-state index in [9.17, 15) is 13.2 Å². The van der Waals surface area contributed by atoms with E-state index in [0.717, 1.165) is 6.07 Å². The smallest absolute Gasteiger partial charge is 0.419 e. The van der Waals surface area contributed by atoms with Crippen LogP contribution in [0.25, 0.3) is 0 Å². The molecule has 0 fully saturated rings. The van der Waals surface area contributed by atoms with E-state index >= 15 is 0 Å². The second kappa shape index (κ2) is 3.94. The minimum atomic E-state index is -4.41. The molecule has 0 aliphatic heterocycles. The van der Waals surface area contributed by atoms with E-state index in [4.69, 9.17) is 7.85 Å². The highest BCUT2D eigenvalue weighted by atomic mass is 19.4. The summed E-state index contributed by atoms with van der Waals surface area (Å²) in [5.41, 5.74) is -0.360. The van der Waals surface area contributed by atoms with Crippen molar-refractivity contribution in [2.75, 3.05) is 7.11 Å². The van der Waals surface area contributed by atoms with Crippen molar-refractivity contribution in [1.29, 1.82) is 0 Å². The van der Waals surface area contributed by atoms with Gasteiger partial charge in [0.25, 0.3) is 0 Å². The van der Waals surface area contributed by atoms with Gasteiger partial charge in [0.05, 0.1) is 20.5 Å². The Morgan fingerprint density at radius 1 is 1.36 bits per heavy atom. The van der Waals surface area contributed by atoms with Gasteiger partial charge in [-0.3, -0.25) is 0 Å². The number of benzene rings is 1. The van der Waals surface area contributed by atoms with Gasteiger partial charge in [-0.05, 0) is 12.1 Å². The van der Waals surface area contributed by atoms with Crippen LogP contribution in [0.2, 0.25) is 0 Å². The summed E-state index contributed by atoms with van der Waals surface area (Å²) in [6.45, 7) is 0. The molecule has 0 spiro atoms. The zero-order valence-corrected chi connectivity index (χ0v) is 7.56. The van der Waals surface area contributed by atoms with Crippen LogP contribution in [0.4, 0.5) is 13.2 Å². The predicted octanol–water partition coefficient (Wildman–Crippen LogP) is 2.38. The summed E-state index contributed by atoms with van der Waals surface area (Å²) in [6.07, 6.45) is -4.33. The van der Waals surface area contributed by atoms with Crippen LogP contribution in [0.15, 0.2) is 18.2 Å². The Morgan fingerprint density at radius 3 is 2.43 bits per heavy atom. The first kappa shape index (κ1) is 11.0. The number of methoxy groups -OCH3 is 1. The van der Waals surface area contributed by atoms with Crippen LogP contribution in [-0.2, 0) is 12.5 Å². The molecule has 0 bridgehead atoms. The monoisotopic (exact) mass is 200 g/mol. The second-order valence-electron chi connectivity index (χ2n) is 2.74. The maximum Gasteiger partial charge on any atom is 0.419 e. The molecule has 5 heteroatoms. The van der Waals surface area contributed by atoms with Crippen molar-refractivity contribution in [1.82, 2.24) is 0 Å². The van der Waals surface area contributed by atoms with Gasteiger partial charge in [-0.25, -0.2) is 0 Å². The van der Waals surface area contributed by atoms with Crippen LogP contribution in [0.5, 0.6) is 5.75 Å². The van der Waals surface area contributed by atoms with E-state index in [0.29, 0.717) is 5.56 Å². The second-order valence-corrected chi connectivity index (χ2v) is 2.74. The van der Waals surface area contributed by atoms with E-state index in [1.165, 1.54) is 19.2 Å². The van der Waals surface area contributed by atoms with Gasteiger partial charge in [0.1, 0.15) is 5.75 Å². The molecule has 0 unspecified atom stereocenters. The molecule has 0 atom stereocenters. The number of rotatable bonds is 2. The molecular weight excluding hydrogens is 192 g/mol. The summed E-state index contributed by atoms with van der Waals surface area (Å²) in [5.74, 6) is -0.185. The standard InChI is InChI=1S/C9H8BF3O/c1-14-8-3-2-6(5-10)4-7(8)9(11,12)13/h2-4H,5H2,1H3. The molecule has 1 aromatic carbocycles. The van der Waals surface area contributed by atoms with Gasteiger partial charge in [0.15, 0.2) is 0 Å². The van der Waals surface area contributed by atoms with Crippen LogP contribution in [0.1, 0.15) is 11.1 Å². The molecule has 0 heterocycles. The zero-order valence-electron chi connectivity index (χ0n) is 7.56. The fourth-order valence-electron chi connectivity index (χ4n) is 1.10. The predicted molar refractivity (Wildman–Crippen MR) is 47.5 cm³/mol. The SMILES string of the molecule is [B]Cc1ccc(OC)c(C(F)(F)F)c1. The van der Waals surface area contributed by atoms with Crippen LogP contribution >= 0.6 is 0 Å². The summed E-state index contributed by atoms with van der Waals surface area (Å²) in [7, 11) is 6.45. The van der Waals surface area contributed by atoms with Crippen molar-refractivity contribution in [2.45, 2.75) is 12.5 Å². The highest BCUT2D eigenvalue weighted by Crippen LogP contribution is 2.36. The quantitative estimate of drug-likeness (QED) is 0.665. The first-order valence-corrected chi connectivity index (χ1v) is 3.93. The van der Waals surface area contributed by atoms with Gasteiger partial charge in [-0.2, -0.15) is 13.2 Å². The molecule has 0 N–H and O–H groups in total. The average Bonchev–Trinajstić information content (AvgIpc) is 2.15. The van der Waals surface area contributed by atoms with Crippen molar-refractivity contribution in [3.63, 3.8) is 0 Å². The Kier molecular flexibility index (Phi) is 3.08. The van der Waals surface area contributed by atoms with Crippen LogP contribution in [0.3, 0.4) is 0 Å². The van der Waals surface area contributed by atoms with Gasteiger partial charge in [0.2, 0.25) is 0 Å². The van der Waals surface area contributed by atoms with Gasteiger partial charge >= 0.3 is 6.18 Å². The number of hydrogen-bond acceptors (Lipinski definition) is 1. The first-order chi connectivity index (χ1) is 6.49. The molecule has 0 aliphatic carbocycles. The van der Waals surface area contributed by atoms with Crippen LogP contribution in [-0.4, -0.2) is 15.0 Å². The van der Waals surface area contributed by atoms with E-state index < -0.39 is 11.7 Å². The zero-order chi connectivity index (χ0) is 10.8. The molecule has 14 heavy (non-hydrogen) atoms. The average molecular weight is 200 g/mol. The molecule has 1 aromatic rings. The maximum atomic E-state index is 12.4.